The molecular weight excluding hydrogens is 491 g/mol. The Bertz CT molecular complexity index is 631. The minimum Gasteiger partial charge on any atom is -0.492 e. The summed E-state index contributed by atoms with van der Waals surface area (Å²) in [5.74, 6) is 1.84. The molecule has 30 heavy (non-hydrogen) atoms. The van der Waals surface area contributed by atoms with Crippen LogP contribution in [0.2, 0.25) is 0 Å². The number of hydrogen-bond acceptors (Lipinski definition) is 4. The lowest BCUT2D eigenvalue weighted by molar-refractivity contribution is 0.0392. The van der Waals surface area contributed by atoms with E-state index in [1.54, 1.807) is 0 Å². The van der Waals surface area contributed by atoms with Crippen molar-refractivity contribution in [3.05, 3.63) is 29.8 Å². The van der Waals surface area contributed by atoms with E-state index < -0.39 is 0 Å². The molecule has 1 aromatic carbocycles. The van der Waals surface area contributed by atoms with Crippen molar-refractivity contribution >= 4 is 29.9 Å². The molecule has 0 atom stereocenters. The lowest BCUT2D eigenvalue weighted by atomic mass is 10.1. The van der Waals surface area contributed by atoms with Gasteiger partial charge in [-0.15, -0.1) is 24.0 Å². The Labute approximate surface area is 199 Å². The van der Waals surface area contributed by atoms with Crippen LogP contribution in [0.3, 0.4) is 0 Å². The van der Waals surface area contributed by atoms with Gasteiger partial charge >= 0.3 is 0 Å². The molecular formula is C23H39IN4O2. The summed E-state index contributed by atoms with van der Waals surface area (Å²) in [5, 5.41) is 6.94. The first-order valence-electron chi connectivity index (χ1n) is 11.3. The first kappa shape index (κ1) is 25.2. The van der Waals surface area contributed by atoms with Gasteiger partial charge in [-0.2, -0.15) is 0 Å². The number of rotatable bonds is 9. The molecule has 0 spiro atoms. The van der Waals surface area contributed by atoms with Crippen molar-refractivity contribution in [1.29, 1.82) is 0 Å². The van der Waals surface area contributed by atoms with Crippen molar-refractivity contribution < 1.29 is 9.47 Å². The van der Waals surface area contributed by atoms with Gasteiger partial charge in [0.2, 0.25) is 0 Å². The minimum absolute atomic E-state index is 0. The first-order valence-corrected chi connectivity index (χ1v) is 11.3. The molecule has 0 bridgehead atoms. The molecule has 1 aromatic rings. The highest BCUT2D eigenvalue weighted by molar-refractivity contribution is 14.0. The van der Waals surface area contributed by atoms with Crippen LogP contribution in [-0.4, -0.2) is 62.9 Å². The lowest BCUT2D eigenvalue weighted by Gasteiger charge is -2.31. The fraction of sp³-hybridized carbons (Fsp3) is 0.696. The number of guanidine groups is 1. The number of aliphatic imine (C=N–C) groups is 1. The van der Waals surface area contributed by atoms with E-state index >= 15 is 0 Å². The minimum atomic E-state index is 0. The molecule has 2 aliphatic rings. The second-order valence-electron chi connectivity index (χ2n) is 8.14. The van der Waals surface area contributed by atoms with Crippen molar-refractivity contribution in [2.75, 3.05) is 40.0 Å². The van der Waals surface area contributed by atoms with E-state index in [9.17, 15) is 0 Å². The van der Waals surface area contributed by atoms with Crippen molar-refractivity contribution in [1.82, 2.24) is 15.5 Å². The molecule has 2 fully saturated rings. The van der Waals surface area contributed by atoms with Gasteiger partial charge in [0.25, 0.3) is 0 Å². The van der Waals surface area contributed by atoms with Gasteiger partial charge in [-0.1, -0.05) is 25.0 Å². The number of ether oxygens (including phenoxy) is 2. The van der Waals surface area contributed by atoms with Gasteiger partial charge in [0.15, 0.2) is 5.96 Å². The van der Waals surface area contributed by atoms with Gasteiger partial charge in [0, 0.05) is 38.4 Å². The molecule has 0 aromatic heterocycles. The zero-order valence-corrected chi connectivity index (χ0v) is 20.9. The highest BCUT2D eigenvalue weighted by Gasteiger charge is 2.18. The van der Waals surface area contributed by atoms with E-state index in [4.69, 9.17) is 14.5 Å². The molecule has 1 aliphatic heterocycles. The normalized spacial score (nSPS) is 18.3. The van der Waals surface area contributed by atoms with Gasteiger partial charge in [-0.3, -0.25) is 4.90 Å². The van der Waals surface area contributed by atoms with Crippen LogP contribution in [0.15, 0.2) is 29.3 Å². The number of nitrogens with one attached hydrogen (secondary N) is 2. The van der Waals surface area contributed by atoms with E-state index in [0.717, 1.165) is 50.9 Å². The van der Waals surface area contributed by atoms with Gasteiger partial charge in [-0.25, -0.2) is 4.99 Å². The molecule has 170 valence electrons. The molecule has 1 aliphatic carbocycles. The molecule has 3 rings (SSSR count). The van der Waals surface area contributed by atoms with Crippen LogP contribution in [0.25, 0.3) is 0 Å². The maximum atomic E-state index is 6.02. The largest absolute Gasteiger partial charge is 0.492 e. The second-order valence-corrected chi connectivity index (χ2v) is 8.14. The Kier molecular flexibility index (Phi) is 11.8. The van der Waals surface area contributed by atoms with Crippen LogP contribution in [0.5, 0.6) is 5.75 Å². The highest BCUT2D eigenvalue weighted by Crippen LogP contribution is 2.18. The Balaban J connectivity index is 0.00000320. The quantitative estimate of drug-likeness (QED) is 0.289. The summed E-state index contributed by atoms with van der Waals surface area (Å²) in [4.78, 5) is 7.17. The van der Waals surface area contributed by atoms with Crippen LogP contribution in [0, 0.1) is 0 Å². The standard InChI is InChI=1S/C23H38N4O2.HI/c1-3-24-23(26-20-8-4-5-9-20)25-18-19-7-6-10-22(17-19)29-16-13-27(2)21-11-14-28-15-12-21;/h6-7,10,17,20-21H,3-5,8-9,11-16,18H2,1-2H3,(H2,24,25,26);1H. The van der Waals surface area contributed by atoms with Crippen molar-refractivity contribution in [3.63, 3.8) is 0 Å². The molecule has 0 amide bonds. The maximum Gasteiger partial charge on any atom is 0.191 e. The van der Waals surface area contributed by atoms with Crippen LogP contribution in [-0.2, 0) is 11.3 Å². The first-order chi connectivity index (χ1) is 14.2. The summed E-state index contributed by atoms with van der Waals surface area (Å²) >= 11 is 0. The molecule has 0 radical (unpaired) electrons. The fourth-order valence-corrected chi connectivity index (χ4v) is 4.10. The SMILES string of the molecule is CCNC(=NCc1cccc(OCCN(C)C2CCOCC2)c1)NC1CCCC1.I. The van der Waals surface area contributed by atoms with E-state index in [1.165, 1.54) is 31.2 Å². The average molecular weight is 530 g/mol. The maximum absolute atomic E-state index is 6.02. The van der Waals surface area contributed by atoms with Gasteiger partial charge in [0.1, 0.15) is 12.4 Å². The second kappa shape index (κ2) is 14.1. The van der Waals surface area contributed by atoms with E-state index in [-0.39, 0.29) is 24.0 Å². The van der Waals surface area contributed by atoms with Crippen LogP contribution >= 0.6 is 24.0 Å². The topological polar surface area (TPSA) is 58.1 Å². The Morgan fingerprint density at radius 2 is 1.97 bits per heavy atom. The Hall–Kier alpha value is -1.06. The molecule has 7 heteroatoms. The van der Waals surface area contributed by atoms with Crippen molar-refractivity contribution in [2.24, 2.45) is 4.99 Å². The lowest BCUT2D eigenvalue weighted by Crippen LogP contribution is -2.42. The molecule has 1 saturated heterocycles. The molecule has 1 saturated carbocycles. The summed E-state index contributed by atoms with van der Waals surface area (Å²) in [5.41, 5.74) is 1.17. The molecule has 6 nitrogen and oxygen atoms in total. The average Bonchev–Trinajstić information content (AvgIpc) is 3.26. The smallest absolute Gasteiger partial charge is 0.191 e. The summed E-state index contributed by atoms with van der Waals surface area (Å²) in [6, 6.07) is 9.49. The highest BCUT2D eigenvalue weighted by atomic mass is 127. The predicted molar refractivity (Wildman–Crippen MR) is 134 cm³/mol. The number of benzene rings is 1. The van der Waals surface area contributed by atoms with E-state index in [1.807, 2.05) is 6.07 Å². The van der Waals surface area contributed by atoms with Gasteiger partial charge in [-0.05, 0) is 57.4 Å². The fourth-order valence-electron chi connectivity index (χ4n) is 4.10. The predicted octanol–water partition coefficient (Wildman–Crippen LogP) is 3.79. The molecule has 1 heterocycles. The van der Waals surface area contributed by atoms with Crippen molar-refractivity contribution in [2.45, 2.75) is 64.1 Å². The van der Waals surface area contributed by atoms with Gasteiger partial charge in [0.05, 0.1) is 6.54 Å². The molecule has 0 unspecified atom stereocenters. The monoisotopic (exact) mass is 530 g/mol. The summed E-state index contributed by atoms with van der Waals surface area (Å²) in [7, 11) is 2.18. The third-order valence-corrected chi connectivity index (χ3v) is 5.89. The number of likely N-dealkylation sites (N-methyl/N-ethyl adjacent to an activating group) is 1. The summed E-state index contributed by atoms with van der Waals surface area (Å²) in [6.07, 6.45) is 7.37. The zero-order valence-electron chi connectivity index (χ0n) is 18.6. The van der Waals surface area contributed by atoms with Crippen LogP contribution in [0.1, 0.15) is 51.0 Å². The Morgan fingerprint density at radius 1 is 1.20 bits per heavy atom. The van der Waals surface area contributed by atoms with Crippen LogP contribution in [0.4, 0.5) is 0 Å². The van der Waals surface area contributed by atoms with Gasteiger partial charge < -0.3 is 20.1 Å². The van der Waals surface area contributed by atoms with E-state index in [0.29, 0.717) is 25.2 Å². The summed E-state index contributed by atoms with van der Waals surface area (Å²) in [6.45, 7) is 7.03. The third kappa shape index (κ3) is 8.59. The number of halogens is 1. The summed E-state index contributed by atoms with van der Waals surface area (Å²) < 4.78 is 11.5. The zero-order chi connectivity index (χ0) is 20.3. The number of hydrogen-bond donors (Lipinski definition) is 2. The molecule has 2 N–H and O–H groups in total. The third-order valence-electron chi connectivity index (χ3n) is 5.89. The Morgan fingerprint density at radius 3 is 2.70 bits per heavy atom. The van der Waals surface area contributed by atoms with Crippen molar-refractivity contribution in [3.8, 4) is 5.75 Å². The number of nitrogens with zero attached hydrogens (tertiary/aromatic N) is 2. The van der Waals surface area contributed by atoms with Crippen LogP contribution < -0.4 is 15.4 Å². The van der Waals surface area contributed by atoms with E-state index in [2.05, 4.69) is 47.7 Å².